The fraction of sp³-hybridized carbons (Fsp3) is 0.0455. The fourth-order valence-corrected chi connectivity index (χ4v) is 2.87. The Bertz CT molecular complexity index is 1080. The minimum Gasteiger partial charge on any atom is -0.298 e. The lowest BCUT2D eigenvalue weighted by Gasteiger charge is -2.11. The summed E-state index contributed by atoms with van der Waals surface area (Å²) in [5.74, 6) is -1.12. The number of nitrogens with one attached hydrogen (secondary N) is 3. The average molecular weight is 407 g/mol. The predicted molar refractivity (Wildman–Crippen MR) is 115 cm³/mol. The molecule has 0 atom stereocenters. The number of carbonyl (C=O) groups is 2. The van der Waals surface area contributed by atoms with Crippen molar-refractivity contribution in [2.75, 3.05) is 0 Å². The molecule has 5 nitrogen and oxygen atoms in total. The first-order valence-electron chi connectivity index (χ1n) is 8.81. The van der Waals surface area contributed by atoms with Crippen LogP contribution in [-0.2, 0) is 16.0 Å². The monoisotopic (exact) mass is 407 g/mol. The highest BCUT2D eigenvalue weighted by Crippen LogP contribution is 2.18. The number of rotatable bonds is 4. The molecular weight excluding hydrogens is 389 g/mol. The van der Waals surface area contributed by atoms with Gasteiger partial charge in [0.1, 0.15) is 5.82 Å². The Morgan fingerprint density at radius 1 is 0.931 bits per heavy atom. The Balaban J connectivity index is 1.47. The molecule has 0 aliphatic carbocycles. The van der Waals surface area contributed by atoms with E-state index in [1.165, 1.54) is 24.3 Å². The number of halogens is 1. The van der Waals surface area contributed by atoms with Crippen LogP contribution in [0.25, 0.3) is 16.8 Å². The molecule has 0 unspecified atom stereocenters. The van der Waals surface area contributed by atoms with Crippen molar-refractivity contribution in [2.24, 2.45) is 0 Å². The molecule has 0 spiro atoms. The average Bonchev–Trinajstić information content (AvgIpc) is 2.72. The molecule has 29 heavy (non-hydrogen) atoms. The van der Waals surface area contributed by atoms with Gasteiger partial charge in [0.25, 0.3) is 0 Å². The summed E-state index contributed by atoms with van der Waals surface area (Å²) in [6, 6.07) is 19.3. The summed E-state index contributed by atoms with van der Waals surface area (Å²) >= 11 is 5.00. The van der Waals surface area contributed by atoms with Crippen LogP contribution in [-0.4, -0.2) is 16.9 Å². The van der Waals surface area contributed by atoms with Gasteiger partial charge in [-0.1, -0.05) is 54.6 Å². The maximum atomic E-state index is 12.9. The van der Waals surface area contributed by atoms with E-state index < -0.39 is 5.91 Å². The maximum Gasteiger partial charge on any atom is 0.250 e. The Labute approximate surface area is 172 Å². The molecule has 0 saturated carbocycles. The van der Waals surface area contributed by atoms with Crippen LogP contribution in [0.4, 0.5) is 4.39 Å². The van der Waals surface area contributed by atoms with Crippen molar-refractivity contribution in [1.29, 1.82) is 0 Å². The molecule has 0 aliphatic heterocycles. The molecule has 3 aromatic rings. The van der Waals surface area contributed by atoms with Crippen LogP contribution in [0.2, 0.25) is 0 Å². The number of amides is 2. The van der Waals surface area contributed by atoms with E-state index >= 15 is 0 Å². The van der Waals surface area contributed by atoms with Gasteiger partial charge < -0.3 is 0 Å². The van der Waals surface area contributed by atoms with Gasteiger partial charge in [0.15, 0.2) is 5.11 Å². The smallest absolute Gasteiger partial charge is 0.250 e. The first-order valence-corrected chi connectivity index (χ1v) is 9.22. The van der Waals surface area contributed by atoms with E-state index in [-0.39, 0.29) is 23.3 Å². The Morgan fingerprint density at radius 2 is 1.66 bits per heavy atom. The summed E-state index contributed by atoms with van der Waals surface area (Å²) < 4.78 is 12.9. The van der Waals surface area contributed by atoms with E-state index in [0.717, 1.165) is 16.3 Å². The van der Waals surface area contributed by atoms with Crippen molar-refractivity contribution in [2.45, 2.75) is 6.42 Å². The molecular formula is C22H18FN3O2S. The zero-order valence-corrected chi connectivity index (χ0v) is 16.1. The van der Waals surface area contributed by atoms with E-state index in [1.54, 1.807) is 12.1 Å². The van der Waals surface area contributed by atoms with E-state index in [2.05, 4.69) is 16.2 Å². The highest BCUT2D eigenvalue weighted by molar-refractivity contribution is 7.80. The maximum absolute atomic E-state index is 12.9. The first-order chi connectivity index (χ1) is 14.0. The number of hydrogen-bond donors (Lipinski definition) is 3. The molecule has 0 fully saturated rings. The van der Waals surface area contributed by atoms with Crippen LogP contribution in [0.1, 0.15) is 11.1 Å². The second-order valence-electron chi connectivity index (χ2n) is 6.19. The minimum atomic E-state index is -0.477. The van der Waals surface area contributed by atoms with Crippen molar-refractivity contribution in [3.8, 4) is 0 Å². The van der Waals surface area contributed by atoms with E-state index in [4.69, 9.17) is 12.2 Å². The Kier molecular flexibility index (Phi) is 6.65. The first kappa shape index (κ1) is 20.2. The molecule has 3 N–H and O–H groups in total. The molecule has 0 aliphatic rings. The molecule has 0 saturated heterocycles. The van der Waals surface area contributed by atoms with Gasteiger partial charge in [-0.2, -0.15) is 0 Å². The van der Waals surface area contributed by atoms with E-state index in [0.29, 0.717) is 5.56 Å². The van der Waals surface area contributed by atoms with Gasteiger partial charge in [0, 0.05) is 6.08 Å². The topological polar surface area (TPSA) is 70.2 Å². The summed E-state index contributed by atoms with van der Waals surface area (Å²) in [5, 5.41) is 4.44. The van der Waals surface area contributed by atoms with Crippen molar-refractivity contribution < 1.29 is 14.0 Å². The van der Waals surface area contributed by atoms with Crippen LogP contribution in [0.3, 0.4) is 0 Å². The predicted octanol–water partition coefficient (Wildman–Crippen LogP) is 3.26. The number of fused-ring (bicyclic) bond motifs is 1. The summed E-state index contributed by atoms with van der Waals surface area (Å²) in [5.41, 5.74) is 6.53. The van der Waals surface area contributed by atoms with Crippen LogP contribution in [0.5, 0.6) is 0 Å². The number of hydrazine groups is 1. The van der Waals surface area contributed by atoms with Gasteiger partial charge in [-0.3, -0.25) is 25.8 Å². The fourth-order valence-electron chi connectivity index (χ4n) is 2.72. The summed E-state index contributed by atoms with van der Waals surface area (Å²) in [6.07, 6.45) is 2.95. The zero-order valence-electron chi connectivity index (χ0n) is 15.3. The Morgan fingerprint density at radius 3 is 2.45 bits per heavy atom. The number of thiocarbonyl (C=S) groups is 1. The molecule has 0 radical (unpaired) electrons. The molecule has 3 rings (SSSR count). The largest absolute Gasteiger partial charge is 0.298 e. The third-order valence-electron chi connectivity index (χ3n) is 4.08. The molecule has 0 aromatic heterocycles. The van der Waals surface area contributed by atoms with Crippen LogP contribution >= 0.6 is 12.2 Å². The van der Waals surface area contributed by atoms with E-state index in [9.17, 15) is 14.0 Å². The molecule has 2 amide bonds. The van der Waals surface area contributed by atoms with Gasteiger partial charge in [-0.15, -0.1) is 0 Å². The lowest BCUT2D eigenvalue weighted by Crippen LogP contribution is -2.48. The number of benzene rings is 3. The van der Waals surface area contributed by atoms with Crippen LogP contribution in [0.15, 0.2) is 72.8 Å². The van der Waals surface area contributed by atoms with Crippen molar-refractivity contribution >= 4 is 46.0 Å². The SMILES string of the molecule is O=C(/C=C/c1ccc(F)cc1)NC(=S)NNC(=O)Cc1cccc2ccccc12. The summed E-state index contributed by atoms with van der Waals surface area (Å²) in [4.78, 5) is 24.1. The second kappa shape index (κ2) is 9.57. The molecule has 0 heterocycles. The van der Waals surface area contributed by atoms with Crippen molar-refractivity contribution in [3.63, 3.8) is 0 Å². The second-order valence-corrected chi connectivity index (χ2v) is 6.60. The molecule has 146 valence electrons. The quantitative estimate of drug-likeness (QED) is 0.353. The van der Waals surface area contributed by atoms with Crippen molar-refractivity contribution in [1.82, 2.24) is 16.2 Å². The summed E-state index contributed by atoms with van der Waals surface area (Å²) in [6.45, 7) is 0. The van der Waals surface area contributed by atoms with E-state index in [1.807, 2.05) is 42.5 Å². The number of hydrogen-bond acceptors (Lipinski definition) is 3. The highest BCUT2D eigenvalue weighted by Gasteiger charge is 2.08. The van der Waals surface area contributed by atoms with Crippen LogP contribution < -0.4 is 16.2 Å². The third kappa shape index (κ3) is 5.95. The van der Waals surface area contributed by atoms with Gasteiger partial charge in [-0.25, -0.2) is 4.39 Å². The minimum absolute atomic E-state index is 0.0370. The standard InChI is InChI=1S/C22H18FN3O2S/c23-18-11-8-15(9-12-18)10-13-20(27)24-22(29)26-25-21(28)14-17-6-3-5-16-4-1-2-7-19(16)17/h1-13H,14H2,(H,25,28)(H2,24,26,27,29)/b13-10+. The van der Waals surface area contributed by atoms with Crippen molar-refractivity contribution in [3.05, 3.63) is 89.8 Å². The highest BCUT2D eigenvalue weighted by atomic mass is 32.1. The van der Waals surface area contributed by atoms with Gasteiger partial charge in [0.05, 0.1) is 6.42 Å². The Hall–Kier alpha value is -3.58. The lowest BCUT2D eigenvalue weighted by atomic mass is 10.0. The molecule has 3 aromatic carbocycles. The van der Waals surface area contributed by atoms with Gasteiger partial charge >= 0.3 is 0 Å². The van der Waals surface area contributed by atoms with Crippen LogP contribution in [0, 0.1) is 5.82 Å². The normalized spacial score (nSPS) is 10.7. The lowest BCUT2D eigenvalue weighted by molar-refractivity contribution is -0.121. The van der Waals surface area contributed by atoms with Gasteiger partial charge in [0.2, 0.25) is 11.8 Å². The zero-order chi connectivity index (χ0) is 20.6. The molecule has 0 bridgehead atoms. The molecule has 7 heteroatoms. The number of carbonyl (C=O) groups excluding carboxylic acids is 2. The third-order valence-corrected chi connectivity index (χ3v) is 4.28. The summed E-state index contributed by atoms with van der Waals surface area (Å²) in [7, 11) is 0. The van der Waals surface area contributed by atoms with Gasteiger partial charge in [-0.05, 0) is 52.3 Å².